The lowest BCUT2D eigenvalue weighted by atomic mass is 9.95. The van der Waals surface area contributed by atoms with Crippen LogP contribution in [0.3, 0.4) is 0 Å². The van der Waals surface area contributed by atoms with Crippen molar-refractivity contribution in [2.75, 3.05) is 0 Å². The van der Waals surface area contributed by atoms with E-state index in [-0.39, 0.29) is 5.82 Å². The summed E-state index contributed by atoms with van der Waals surface area (Å²) in [5.74, 6) is -0.218. The second-order valence-electron chi connectivity index (χ2n) is 7.67. The maximum Gasteiger partial charge on any atom is 0.123 e. The molecule has 0 bridgehead atoms. The molecule has 0 radical (unpaired) electrons. The van der Waals surface area contributed by atoms with Crippen LogP contribution in [0.5, 0.6) is 0 Å². The monoisotopic (exact) mass is 396 g/mol. The summed E-state index contributed by atoms with van der Waals surface area (Å²) in [6.07, 6.45) is 6.54. The lowest BCUT2D eigenvalue weighted by molar-refractivity contribution is 0.372. The Morgan fingerprint density at radius 2 is 1.68 bits per heavy atom. The molecule has 1 aromatic heterocycles. The molecule has 4 rings (SSSR count). The van der Waals surface area contributed by atoms with Gasteiger partial charge in [-0.2, -0.15) is 0 Å². The molecule has 0 atom stereocenters. The molecule has 0 saturated heterocycles. The quantitative estimate of drug-likeness (QED) is 0.509. The molecule has 0 aliphatic heterocycles. The van der Waals surface area contributed by atoms with Crippen molar-refractivity contribution in [2.45, 2.75) is 51.6 Å². The Hall–Kier alpha value is -2.10. The molecule has 1 fully saturated rings. The second kappa shape index (κ2) is 8.50. The van der Waals surface area contributed by atoms with Crippen molar-refractivity contribution in [1.29, 1.82) is 0 Å². The first-order chi connectivity index (χ1) is 13.6. The van der Waals surface area contributed by atoms with Crippen molar-refractivity contribution in [1.82, 2.24) is 9.88 Å². The van der Waals surface area contributed by atoms with Gasteiger partial charge in [-0.05, 0) is 85.5 Å². The smallest absolute Gasteiger partial charge is 0.123 e. The minimum Gasteiger partial charge on any atom is -0.314 e. The van der Waals surface area contributed by atoms with Crippen LogP contribution >= 0.6 is 11.6 Å². The fourth-order valence-electron chi connectivity index (χ4n) is 4.15. The summed E-state index contributed by atoms with van der Waals surface area (Å²) < 4.78 is 15.7. The standard InChI is InChI=1S/C24H26ClFN2/c1-17-19(16-27-22-5-3-2-4-6-22)15-24(18-7-11-21(26)12-8-18)28(17)23-13-9-20(25)10-14-23/h7-15,22,27H,2-6,16H2,1H3. The predicted octanol–water partition coefficient (Wildman–Crippen LogP) is 6.67. The van der Waals surface area contributed by atoms with Crippen molar-refractivity contribution in [2.24, 2.45) is 0 Å². The first-order valence-electron chi connectivity index (χ1n) is 10.1. The fourth-order valence-corrected chi connectivity index (χ4v) is 4.28. The van der Waals surface area contributed by atoms with Crippen LogP contribution in [0.1, 0.15) is 43.4 Å². The number of halogens is 2. The van der Waals surface area contributed by atoms with E-state index in [1.165, 1.54) is 55.5 Å². The molecule has 1 saturated carbocycles. The third-order valence-electron chi connectivity index (χ3n) is 5.76. The van der Waals surface area contributed by atoms with Gasteiger partial charge in [-0.1, -0.05) is 30.9 Å². The number of nitrogens with zero attached hydrogens (tertiary/aromatic N) is 1. The average Bonchev–Trinajstić information content (AvgIpc) is 3.05. The highest BCUT2D eigenvalue weighted by molar-refractivity contribution is 6.30. The van der Waals surface area contributed by atoms with Crippen molar-refractivity contribution in [3.63, 3.8) is 0 Å². The summed E-state index contributed by atoms with van der Waals surface area (Å²) in [4.78, 5) is 0. The van der Waals surface area contributed by atoms with Crippen LogP contribution in [-0.2, 0) is 6.54 Å². The number of benzene rings is 2. The van der Waals surface area contributed by atoms with Gasteiger partial charge in [0.05, 0.1) is 5.69 Å². The Balaban J connectivity index is 1.70. The average molecular weight is 397 g/mol. The van der Waals surface area contributed by atoms with E-state index >= 15 is 0 Å². The first kappa shape index (κ1) is 19.2. The van der Waals surface area contributed by atoms with E-state index in [9.17, 15) is 4.39 Å². The molecule has 3 aromatic rings. The summed E-state index contributed by atoms with van der Waals surface area (Å²) in [7, 11) is 0. The van der Waals surface area contributed by atoms with Crippen LogP contribution in [-0.4, -0.2) is 10.6 Å². The van der Waals surface area contributed by atoms with Crippen LogP contribution in [0, 0.1) is 12.7 Å². The van der Waals surface area contributed by atoms with E-state index in [1.807, 2.05) is 36.4 Å². The third-order valence-corrected chi connectivity index (χ3v) is 6.02. The molecule has 0 amide bonds. The zero-order valence-corrected chi connectivity index (χ0v) is 17.0. The van der Waals surface area contributed by atoms with Gasteiger partial charge in [0, 0.05) is 29.0 Å². The minimum atomic E-state index is -0.218. The Morgan fingerprint density at radius 1 is 1.00 bits per heavy atom. The number of hydrogen-bond acceptors (Lipinski definition) is 1. The van der Waals surface area contributed by atoms with Gasteiger partial charge in [0.15, 0.2) is 0 Å². The van der Waals surface area contributed by atoms with Crippen LogP contribution in [0.15, 0.2) is 54.6 Å². The maximum atomic E-state index is 13.4. The summed E-state index contributed by atoms with van der Waals surface area (Å²) in [6, 6.07) is 17.4. The maximum absolute atomic E-state index is 13.4. The number of hydrogen-bond donors (Lipinski definition) is 1. The molecule has 2 nitrogen and oxygen atoms in total. The molecule has 1 heterocycles. The Kier molecular flexibility index (Phi) is 5.84. The van der Waals surface area contributed by atoms with E-state index in [1.54, 1.807) is 0 Å². The number of rotatable bonds is 5. The van der Waals surface area contributed by atoms with E-state index in [0.29, 0.717) is 6.04 Å². The topological polar surface area (TPSA) is 17.0 Å². The molecule has 28 heavy (non-hydrogen) atoms. The fraction of sp³-hybridized carbons (Fsp3) is 0.333. The van der Waals surface area contributed by atoms with Gasteiger partial charge in [0.1, 0.15) is 5.82 Å². The van der Waals surface area contributed by atoms with Gasteiger partial charge in [-0.15, -0.1) is 0 Å². The third kappa shape index (κ3) is 4.16. The van der Waals surface area contributed by atoms with Crippen LogP contribution < -0.4 is 5.32 Å². The van der Waals surface area contributed by atoms with Crippen molar-refractivity contribution >= 4 is 11.6 Å². The summed E-state index contributed by atoms with van der Waals surface area (Å²) in [5, 5.41) is 4.46. The normalized spacial score (nSPS) is 15.1. The van der Waals surface area contributed by atoms with Gasteiger partial charge >= 0.3 is 0 Å². The molecule has 1 aliphatic carbocycles. The van der Waals surface area contributed by atoms with Crippen molar-refractivity contribution < 1.29 is 4.39 Å². The first-order valence-corrected chi connectivity index (χ1v) is 10.5. The van der Waals surface area contributed by atoms with Gasteiger partial charge in [-0.3, -0.25) is 0 Å². The van der Waals surface area contributed by atoms with Crippen LogP contribution in [0.25, 0.3) is 16.9 Å². The number of nitrogens with one attached hydrogen (secondary N) is 1. The molecule has 2 aromatic carbocycles. The molecule has 0 unspecified atom stereocenters. The van der Waals surface area contributed by atoms with Gasteiger partial charge in [-0.25, -0.2) is 4.39 Å². The predicted molar refractivity (Wildman–Crippen MR) is 115 cm³/mol. The zero-order chi connectivity index (χ0) is 19.5. The molecule has 146 valence electrons. The molecule has 1 N–H and O–H groups in total. The summed E-state index contributed by atoms with van der Waals surface area (Å²) in [5.41, 5.74) is 5.61. The molecule has 4 heteroatoms. The largest absolute Gasteiger partial charge is 0.314 e. The second-order valence-corrected chi connectivity index (χ2v) is 8.11. The van der Waals surface area contributed by atoms with E-state index in [2.05, 4.69) is 22.9 Å². The van der Waals surface area contributed by atoms with Gasteiger partial charge in [0.25, 0.3) is 0 Å². The Morgan fingerprint density at radius 3 is 2.36 bits per heavy atom. The highest BCUT2D eigenvalue weighted by Gasteiger charge is 2.17. The molecule has 0 spiro atoms. The van der Waals surface area contributed by atoms with Crippen molar-refractivity contribution in [3.05, 3.63) is 76.7 Å². The molecular formula is C24H26ClFN2. The Labute approximate surface area is 171 Å². The SMILES string of the molecule is Cc1c(CNC2CCCCC2)cc(-c2ccc(F)cc2)n1-c1ccc(Cl)cc1. The molecular weight excluding hydrogens is 371 g/mol. The van der Waals surface area contributed by atoms with Gasteiger partial charge in [0.2, 0.25) is 0 Å². The lowest BCUT2D eigenvalue weighted by Gasteiger charge is -2.22. The van der Waals surface area contributed by atoms with Crippen LogP contribution in [0.2, 0.25) is 5.02 Å². The molecule has 1 aliphatic rings. The van der Waals surface area contributed by atoms with E-state index in [0.717, 1.165) is 28.5 Å². The van der Waals surface area contributed by atoms with Crippen molar-refractivity contribution in [3.8, 4) is 16.9 Å². The minimum absolute atomic E-state index is 0.218. The highest BCUT2D eigenvalue weighted by Crippen LogP contribution is 2.30. The Bertz CT molecular complexity index is 922. The van der Waals surface area contributed by atoms with E-state index < -0.39 is 0 Å². The lowest BCUT2D eigenvalue weighted by Crippen LogP contribution is -2.30. The van der Waals surface area contributed by atoms with Gasteiger partial charge < -0.3 is 9.88 Å². The van der Waals surface area contributed by atoms with E-state index in [4.69, 9.17) is 11.6 Å². The summed E-state index contributed by atoms with van der Waals surface area (Å²) >= 11 is 6.09. The zero-order valence-electron chi connectivity index (χ0n) is 16.2. The van der Waals surface area contributed by atoms with Crippen LogP contribution in [0.4, 0.5) is 4.39 Å². The highest BCUT2D eigenvalue weighted by atomic mass is 35.5. The number of aromatic nitrogens is 1. The summed E-state index contributed by atoms with van der Waals surface area (Å²) in [6.45, 7) is 3.00.